The van der Waals surface area contributed by atoms with Gasteiger partial charge in [-0.05, 0) is 30.2 Å². The van der Waals surface area contributed by atoms with Gasteiger partial charge in [0.2, 0.25) is 0 Å². The van der Waals surface area contributed by atoms with Gasteiger partial charge in [-0.3, -0.25) is 4.79 Å². The summed E-state index contributed by atoms with van der Waals surface area (Å²) in [6, 6.07) is 13.6. The van der Waals surface area contributed by atoms with E-state index in [1.54, 1.807) is 0 Å². The van der Waals surface area contributed by atoms with E-state index >= 15 is 0 Å². The van der Waals surface area contributed by atoms with E-state index < -0.39 is 5.97 Å². The van der Waals surface area contributed by atoms with Gasteiger partial charge >= 0.3 is 5.97 Å². The number of carboxylic acids is 1. The van der Waals surface area contributed by atoms with Gasteiger partial charge in [-0.15, -0.1) is 11.3 Å². The molecule has 0 aliphatic carbocycles. The fourth-order valence-electron chi connectivity index (χ4n) is 1.82. The molecule has 0 fully saturated rings. The highest BCUT2D eigenvalue weighted by Gasteiger charge is 2.02. The molecule has 0 saturated carbocycles. The molecule has 2 aromatic rings. The average Bonchev–Trinajstić information content (AvgIpc) is 2.92. The molecular weight excluding hydrogens is 282 g/mol. The maximum absolute atomic E-state index is 10.5. The average molecular weight is 295 g/mol. The third-order valence-electron chi connectivity index (χ3n) is 2.85. The largest absolute Gasteiger partial charge is 0.481 e. The highest BCUT2D eigenvalue weighted by Crippen LogP contribution is 2.17. The number of aliphatic carboxylic acids is 1. The molecule has 104 valence electrons. The van der Waals surface area contributed by atoms with Crippen molar-refractivity contribution >= 4 is 17.3 Å². The van der Waals surface area contributed by atoms with Crippen molar-refractivity contribution in [3.8, 4) is 17.9 Å². The Labute approximate surface area is 127 Å². The summed E-state index contributed by atoms with van der Waals surface area (Å²) in [5.41, 5.74) is 1.79. The second-order valence-corrected chi connectivity index (χ2v) is 5.57. The topological polar surface area (TPSA) is 61.1 Å². The molecule has 0 saturated heterocycles. The van der Waals surface area contributed by atoms with Crippen LogP contribution in [-0.2, 0) is 17.6 Å². The van der Waals surface area contributed by atoms with Crippen molar-refractivity contribution in [3.05, 3.63) is 57.3 Å². The van der Waals surface area contributed by atoms with Crippen molar-refractivity contribution in [2.75, 3.05) is 0 Å². The molecule has 4 heteroatoms. The number of nitriles is 1. The van der Waals surface area contributed by atoms with Gasteiger partial charge in [-0.2, -0.15) is 5.26 Å². The molecule has 1 heterocycles. The molecule has 0 aliphatic heterocycles. The fraction of sp³-hybridized carbons (Fsp3) is 0.176. The van der Waals surface area contributed by atoms with Crippen LogP contribution >= 0.6 is 11.3 Å². The van der Waals surface area contributed by atoms with Gasteiger partial charge < -0.3 is 5.11 Å². The fourth-order valence-corrected chi connectivity index (χ4v) is 2.68. The highest BCUT2D eigenvalue weighted by molar-refractivity contribution is 7.12. The molecule has 1 N–H and O–H groups in total. The van der Waals surface area contributed by atoms with Crippen molar-refractivity contribution < 1.29 is 9.90 Å². The van der Waals surface area contributed by atoms with Crippen LogP contribution in [0.3, 0.4) is 0 Å². The van der Waals surface area contributed by atoms with Gasteiger partial charge in [0.05, 0.1) is 23.8 Å². The van der Waals surface area contributed by atoms with Crippen LogP contribution in [0.15, 0.2) is 36.4 Å². The predicted molar refractivity (Wildman–Crippen MR) is 82.0 cm³/mol. The Kier molecular flexibility index (Phi) is 5.15. The Hall–Kier alpha value is -2.56. The third kappa shape index (κ3) is 4.49. The molecule has 0 aliphatic rings. The molecule has 0 bridgehead atoms. The zero-order valence-electron chi connectivity index (χ0n) is 11.3. The smallest absolute Gasteiger partial charge is 0.303 e. The number of carboxylic acid groups (broad SMARTS) is 1. The summed E-state index contributed by atoms with van der Waals surface area (Å²) in [4.78, 5) is 12.5. The Balaban J connectivity index is 2.13. The maximum atomic E-state index is 10.5. The minimum absolute atomic E-state index is 0.137. The van der Waals surface area contributed by atoms with E-state index in [1.807, 2.05) is 36.4 Å². The van der Waals surface area contributed by atoms with Crippen LogP contribution < -0.4 is 0 Å². The number of thiophene rings is 1. The van der Waals surface area contributed by atoms with Gasteiger partial charge in [0.25, 0.3) is 0 Å². The van der Waals surface area contributed by atoms with E-state index in [0.29, 0.717) is 12.8 Å². The first-order valence-corrected chi connectivity index (χ1v) is 7.28. The van der Waals surface area contributed by atoms with Gasteiger partial charge in [-0.1, -0.05) is 30.0 Å². The lowest BCUT2D eigenvalue weighted by atomic mass is 10.1. The van der Waals surface area contributed by atoms with Crippen LogP contribution in [0.5, 0.6) is 0 Å². The summed E-state index contributed by atoms with van der Waals surface area (Å²) < 4.78 is 0. The van der Waals surface area contributed by atoms with Crippen molar-refractivity contribution in [3.63, 3.8) is 0 Å². The van der Waals surface area contributed by atoms with Gasteiger partial charge in [-0.25, -0.2) is 0 Å². The molecular formula is C17H13NO2S. The van der Waals surface area contributed by atoms with Gasteiger partial charge in [0, 0.05) is 10.4 Å². The van der Waals surface area contributed by atoms with Crippen LogP contribution in [0.1, 0.15) is 27.3 Å². The first-order chi connectivity index (χ1) is 10.2. The quantitative estimate of drug-likeness (QED) is 0.881. The summed E-state index contributed by atoms with van der Waals surface area (Å²) in [6.45, 7) is 0. The maximum Gasteiger partial charge on any atom is 0.303 e. The van der Waals surface area contributed by atoms with E-state index in [9.17, 15) is 4.79 Å². The summed E-state index contributed by atoms with van der Waals surface area (Å²) in [5, 5.41) is 17.5. The number of benzene rings is 1. The molecule has 0 atom stereocenters. The molecule has 0 amide bonds. The predicted octanol–water partition coefficient (Wildman–Crippen LogP) is 3.23. The molecule has 0 radical (unpaired) electrons. The zero-order valence-corrected chi connectivity index (χ0v) is 12.1. The first-order valence-electron chi connectivity index (χ1n) is 6.46. The van der Waals surface area contributed by atoms with Crippen molar-refractivity contribution in [1.82, 2.24) is 0 Å². The Morgan fingerprint density at radius 2 is 2.00 bits per heavy atom. The van der Waals surface area contributed by atoms with Crippen molar-refractivity contribution in [2.45, 2.75) is 19.3 Å². The standard InChI is InChI=1S/C17H13NO2S/c18-12-11-14-4-2-1-3-13(14)5-6-15-7-8-16(21-15)9-10-17(19)20/h1-4,7-8H,9-11H2,(H,19,20). The Morgan fingerprint density at radius 3 is 2.76 bits per heavy atom. The summed E-state index contributed by atoms with van der Waals surface area (Å²) in [6.07, 6.45) is 1.02. The molecule has 1 aromatic carbocycles. The lowest BCUT2D eigenvalue weighted by Crippen LogP contribution is -1.95. The van der Waals surface area contributed by atoms with Crippen molar-refractivity contribution in [1.29, 1.82) is 5.26 Å². The van der Waals surface area contributed by atoms with Crippen LogP contribution in [0.25, 0.3) is 0 Å². The molecule has 1 aromatic heterocycles. The van der Waals surface area contributed by atoms with Crippen molar-refractivity contribution in [2.24, 2.45) is 0 Å². The Morgan fingerprint density at radius 1 is 1.19 bits per heavy atom. The number of hydrogen-bond donors (Lipinski definition) is 1. The SMILES string of the molecule is N#CCc1ccccc1C#Cc1ccc(CCC(=O)O)s1. The van der Waals surface area contributed by atoms with Crippen LogP contribution in [-0.4, -0.2) is 11.1 Å². The number of nitrogens with zero attached hydrogens (tertiary/aromatic N) is 1. The molecule has 21 heavy (non-hydrogen) atoms. The number of carbonyl (C=O) groups is 1. The molecule has 0 unspecified atom stereocenters. The number of aryl methyl sites for hydroxylation is 1. The second-order valence-electron chi connectivity index (χ2n) is 4.40. The third-order valence-corrected chi connectivity index (χ3v) is 3.91. The van der Waals surface area contributed by atoms with Crippen LogP contribution in [0.2, 0.25) is 0 Å². The minimum Gasteiger partial charge on any atom is -0.481 e. The van der Waals surface area contributed by atoms with Gasteiger partial charge in [0.1, 0.15) is 0 Å². The highest BCUT2D eigenvalue weighted by atomic mass is 32.1. The normalized spacial score (nSPS) is 9.48. The summed E-state index contributed by atoms with van der Waals surface area (Å²) in [7, 11) is 0. The molecule has 0 spiro atoms. The van der Waals surface area contributed by atoms with E-state index in [1.165, 1.54) is 11.3 Å². The minimum atomic E-state index is -0.790. The summed E-state index contributed by atoms with van der Waals surface area (Å²) >= 11 is 1.51. The van der Waals surface area contributed by atoms with E-state index in [2.05, 4.69) is 17.9 Å². The van der Waals surface area contributed by atoms with E-state index in [-0.39, 0.29) is 6.42 Å². The molecule has 2 rings (SSSR count). The number of hydrogen-bond acceptors (Lipinski definition) is 3. The monoisotopic (exact) mass is 295 g/mol. The summed E-state index contributed by atoms with van der Waals surface area (Å²) in [5.74, 6) is 5.37. The Bertz CT molecular complexity index is 744. The van der Waals surface area contributed by atoms with E-state index in [0.717, 1.165) is 20.9 Å². The second kappa shape index (κ2) is 7.28. The van der Waals surface area contributed by atoms with Crippen LogP contribution in [0.4, 0.5) is 0 Å². The zero-order chi connectivity index (χ0) is 15.1. The van der Waals surface area contributed by atoms with Gasteiger partial charge in [0.15, 0.2) is 0 Å². The lowest BCUT2D eigenvalue weighted by molar-refractivity contribution is -0.136. The molecule has 3 nitrogen and oxygen atoms in total. The lowest BCUT2D eigenvalue weighted by Gasteiger charge is -1.97. The van der Waals surface area contributed by atoms with E-state index in [4.69, 9.17) is 10.4 Å². The van der Waals surface area contributed by atoms with Crippen LogP contribution in [0, 0.1) is 23.2 Å². The number of rotatable bonds is 4. The first kappa shape index (κ1) is 14.8.